The predicted octanol–water partition coefficient (Wildman–Crippen LogP) is 3.44. The highest BCUT2D eigenvalue weighted by molar-refractivity contribution is 6.58. The van der Waals surface area contributed by atoms with Crippen LogP contribution in [0, 0.1) is 0 Å². The Bertz CT molecular complexity index is 274. The van der Waals surface area contributed by atoms with Crippen LogP contribution in [0.5, 0.6) is 0 Å². The predicted molar refractivity (Wildman–Crippen MR) is 54.6 cm³/mol. The highest BCUT2D eigenvalue weighted by Gasteiger charge is 2.21. The van der Waals surface area contributed by atoms with E-state index in [9.17, 15) is 12.9 Å². The summed E-state index contributed by atoms with van der Waals surface area (Å²) in [5, 5.41) is 0. The minimum atomic E-state index is -4.66. The van der Waals surface area contributed by atoms with Gasteiger partial charge in [-0.1, -0.05) is 43.1 Å². The number of hydrogen-bond acceptors (Lipinski definition) is 1. The van der Waals surface area contributed by atoms with E-state index in [1.165, 1.54) is 0 Å². The monoisotopic (exact) mass is 217 g/mol. The molecule has 0 amide bonds. The van der Waals surface area contributed by atoms with Crippen molar-refractivity contribution in [3.63, 3.8) is 0 Å². The molecule has 0 aliphatic heterocycles. The van der Waals surface area contributed by atoms with Crippen LogP contribution in [0.4, 0.5) is 12.9 Å². The Morgan fingerprint density at radius 2 is 1.73 bits per heavy atom. The van der Waals surface area contributed by atoms with Crippen LogP contribution in [0.1, 0.15) is 12.0 Å². The first-order chi connectivity index (χ1) is 7.08. The second kappa shape index (κ2) is 5.80. The molecule has 1 rings (SSSR count). The van der Waals surface area contributed by atoms with Gasteiger partial charge in [-0.2, -0.15) is 0 Å². The van der Waals surface area contributed by atoms with E-state index in [1.807, 2.05) is 30.3 Å². The lowest BCUT2D eigenvalue weighted by Crippen LogP contribution is -2.14. The second-order valence-corrected chi connectivity index (χ2v) is 3.39. The Hall–Kier alpha value is -0.965. The Labute approximate surface area is 87.3 Å². The van der Waals surface area contributed by atoms with Gasteiger partial charge in [-0.25, -0.2) is 0 Å². The molecule has 0 fully saturated rings. The highest BCUT2D eigenvalue weighted by atomic mass is 19.4. The number of rotatable bonds is 6. The van der Waals surface area contributed by atoms with E-state index in [1.54, 1.807) is 0 Å². The standard InChI is InChI=1S/C10H13BF3O/c12-11(13,14)7-4-8-15-9-10-5-2-1-3-6-10/h1-3,5-6H,4,7-9H2/q-1. The van der Waals surface area contributed by atoms with Gasteiger partial charge in [0, 0.05) is 6.61 Å². The summed E-state index contributed by atoms with van der Waals surface area (Å²) in [6, 6.07) is 9.39. The Kier molecular flexibility index (Phi) is 4.68. The molecule has 5 heteroatoms. The molecule has 0 atom stereocenters. The second-order valence-electron chi connectivity index (χ2n) is 3.39. The summed E-state index contributed by atoms with van der Waals surface area (Å²) >= 11 is 0. The molecule has 0 saturated carbocycles. The third kappa shape index (κ3) is 6.17. The Balaban J connectivity index is 2.08. The van der Waals surface area contributed by atoms with Gasteiger partial charge in [-0.15, -0.1) is 0 Å². The summed E-state index contributed by atoms with van der Waals surface area (Å²) in [6.07, 6.45) is -0.662. The molecule has 0 radical (unpaired) electrons. The summed E-state index contributed by atoms with van der Waals surface area (Å²) in [5.41, 5.74) is 0.981. The van der Waals surface area contributed by atoms with Crippen molar-refractivity contribution in [1.29, 1.82) is 0 Å². The topological polar surface area (TPSA) is 9.23 Å². The smallest absolute Gasteiger partial charge is 0.449 e. The maximum absolute atomic E-state index is 11.8. The van der Waals surface area contributed by atoms with Crippen molar-refractivity contribution in [3.8, 4) is 0 Å². The first-order valence-corrected chi connectivity index (χ1v) is 4.90. The molecule has 0 heterocycles. The molecule has 15 heavy (non-hydrogen) atoms. The fourth-order valence-electron chi connectivity index (χ4n) is 1.18. The number of benzene rings is 1. The molecule has 0 spiro atoms. The van der Waals surface area contributed by atoms with Crippen LogP contribution in [0.25, 0.3) is 0 Å². The number of hydrogen-bond donors (Lipinski definition) is 0. The molecule has 0 saturated heterocycles. The van der Waals surface area contributed by atoms with Crippen LogP contribution in [0.15, 0.2) is 30.3 Å². The van der Waals surface area contributed by atoms with E-state index in [2.05, 4.69) is 0 Å². The summed E-state index contributed by atoms with van der Waals surface area (Å²) in [5.74, 6) is 0. The van der Waals surface area contributed by atoms with Crippen LogP contribution >= 0.6 is 0 Å². The SMILES string of the molecule is F[B-](F)(F)CCCOCc1ccccc1. The van der Waals surface area contributed by atoms with Gasteiger partial charge in [0.25, 0.3) is 0 Å². The molecule has 1 aromatic rings. The van der Waals surface area contributed by atoms with Crippen molar-refractivity contribution in [3.05, 3.63) is 35.9 Å². The normalized spacial score (nSPS) is 11.7. The molecule has 1 aromatic carbocycles. The zero-order valence-corrected chi connectivity index (χ0v) is 8.33. The van der Waals surface area contributed by atoms with Crippen LogP contribution in [0.3, 0.4) is 0 Å². The van der Waals surface area contributed by atoms with Gasteiger partial charge in [0.1, 0.15) is 0 Å². The maximum Gasteiger partial charge on any atom is 0.478 e. The van der Waals surface area contributed by atoms with Crippen molar-refractivity contribution in [2.24, 2.45) is 0 Å². The van der Waals surface area contributed by atoms with Crippen molar-refractivity contribution in [2.45, 2.75) is 19.3 Å². The largest absolute Gasteiger partial charge is 0.478 e. The third-order valence-electron chi connectivity index (χ3n) is 1.93. The van der Waals surface area contributed by atoms with Crippen LogP contribution in [0.2, 0.25) is 6.32 Å². The first-order valence-electron chi connectivity index (χ1n) is 4.90. The minimum absolute atomic E-state index is 0.0519. The lowest BCUT2D eigenvalue weighted by atomic mass is 9.85. The molecule has 0 aliphatic carbocycles. The van der Waals surface area contributed by atoms with E-state index in [-0.39, 0.29) is 13.0 Å². The first kappa shape index (κ1) is 12.1. The van der Waals surface area contributed by atoms with Crippen molar-refractivity contribution < 1.29 is 17.7 Å². The van der Waals surface area contributed by atoms with Crippen molar-refractivity contribution in [2.75, 3.05) is 6.61 Å². The molecular weight excluding hydrogens is 204 g/mol. The summed E-state index contributed by atoms with van der Waals surface area (Å²) in [6.45, 7) is -4.11. The fraction of sp³-hybridized carbons (Fsp3) is 0.400. The third-order valence-corrected chi connectivity index (χ3v) is 1.93. The summed E-state index contributed by atoms with van der Waals surface area (Å²) in [7, 11) is 0. The molecule has 0 N–H and O–H groups in total. The minimum Gasteiger partial charge on any atom is -0.449 e. The zero-order chi connectivity index (χ0) is 11.1. The van der Waals surface area contributed by atoms with Gasteiger partial charge >= 0.3 is 6.98 Å². The molecule has 84 valence electrons. The van der Waals surface area contributed by atoms with E-state index < -0.39 is 13.3 Å². The molecule has 1 nitrogen and oxygen atoms in total. The zero-order valence-electron chi connectivity index (χ0n) is 8.33. The van der Waals surface area contributed by atoms with Gasteiger partial charge in [0.2, 0.25) is 0 Å². The average Bonchev–Trinajstić information content (AvgIpc) is 2.17. The average molecular weight is 217 g/mol. The maximum atomic E-state index is 11.8. The lowest BCUT2D eigenvalue weighted by molar-refractivity contribution is 0.120. The molecular formula is C10H13BF3O-. The van der Waals surface area contributed by atoms with Gasteiger partial charge in [-0.3, -0.25) is 0 Å². The molecule has 0 aliphatic rings. The van der Waals surface area contributed by atoms with E-state index in [4.69, 9.17) is 4.74 Å². The Morgan fingerprint density at radius 1 is 1.07 bits per heavy atom. The van der Waals surface area contributed by atoms with E-state index >= 15 is 0 Å². The van der Waals surface area contributed by atoms with E-state index in [0.29, 0.717) is 6.61 Å². The number of ether oxygens (including phenoxy) is 1. The fourth-order valence-corrected chi connectivity index (χ4v) is 1.18. The molecule has 0 aromatic heterocycles. The van der Waals surface area contributed by atoms with Gasteiger partial charge in [-0.05, 0) is 5.56 Å². The van der Waals surface area contributed by atoms with E-state index in [0.717, 1.165) is 5.56 Å². The lowest BCUT2D eigenvalue weighted by Gasteiger charge is -2.12. The van der Waals surface area contributed by atoms with Gasteiger partial charge in [0.05, 0.1) is 6.61 Å². The van der Waals surface area contributed by atoms with Crippen LogP contribution < -0.4 is 0 Å². The van der Waals surface area contributed by atoms with Crippen LogP contribution in [-0.2, 0) is 11.3 Å². The molecule has 0 bridgehead atoms. The van der Waals surface area contributed by atoms with Crippen LogP contribution in [-0.4, -0.2) is 13.6 Å². The van der Waals surface area contributed by atoms with Gasteiger partial charge < -0.3 is 17.7 Å². The summed E-state index contributed by atoms with van der Waals surface area (Å²) in [4.78, 5) is 0. The van der Waals surface area contributed by atoms with Gasteiger partial charge in [0.15, 0.2) is 0 Å². The molecule has 0 unspecified atom stereocenters. The summed E-state index contributed by atoms with van der Waals surface area (Å²) < 4.78 is 40.6. The Morgan fingerprint density at radius 3 is 2.33 bits per heavy atom. The number of halogens is 3. The van der Waals surface area contributed by atoms with Crippen molar-refractivity contribution in [1.82, 2.24) is 0 Å². The van der Waals surface area contributed by atoms with Crippen molar-refractivity contribution >= 4 is 6.98 Å². The quantitative estimate of drug-likeness (QED) is 0.523. The highest BCUT2D eigenvalue weighted by Crippen LogP contribution is 2.16.